The number of nitrogens with one attached hydrogen (secondary N) is 1. The molecule has 1 N–H and O–H groups in total. The van der Waals surface area contributed by atoms with Gasteiger partial charge in [0, 0.05) is 5.56 Å². The fraction of sp³-hybridized carbons (Fsp3) is 0.111. The zero-order valence-corrected chi connectivity index (χ0v) is 6.79. The molecule has 0 bridgehead atoms. The van der Waals surface area contributed by atoms with Gasteiger partial charge in [0.1, 0.15) is 0 Å². The van der Waals surface area contributed by atoms with Crippen LogP contribution in [0.4, 0.5) is 10.1 Å². The first-order chi connectivity index (χ1) is 6.27. The Morgan fingerprint density at radius 2 is 2.15 bits per heavy atom. The fourth-order valence-corrected chi connectivity index (χ4v) is 0.897. The molecule has 0 aliphatic carbocycles. The molecule has 0 aliphatic heterocycles. The van der Waals surface area contributed by atoms with Crippen LogP contribution in [-0.2, 0) is 4.79 Å². The lowest BCUT2D eigenvalue weighted by Gasteiger charge is -2.03. The molecule has 4 heteroatoms. The lowest BCUT2D eigenvalue weighted by atomic mass is 10.2. The van der Waals surface area contributed by atoms with Crippen molar-refractivity contribution in [2.45, 2.75) is 0 Å². The summed E-state index contributed by atoms with van der Waals surface area (Å²) in [4.78, 5) is 21.1. The quantitative estimate of drug-likeness (QED) is 0.716. The molecule has 68 valence electrons. The molecule has 1 aromatic rings. The standard InChI is InChI=1S/C9H8FNO2/c10-5-9(13)11-8-4-2-1-3-7(8)6-12/h1-4,6H,5H2,(H,11,13). The first-order valence-electron chi connectivity index (χ1n) is 3.68. The van der Waals surface area contributed by atoms with Crippen molar-refractivity contribution in [3.05, 3.63) is 29.8 Å². The zero-order valence-electron chi connectivity index (χ0n) is 6.79. The Morgan fingerprint density at radius 1 is 1.46 bits per heavy atom. The molecule has 0 radical (unpaired) electrons. The molecule has 0 aromatic heterocycles. The minimum Gasteiger partial charge on any atom is -0.323 e. The molecule has 0 fully saturated rings. The second-order valence-electron chi connectivity index (χ2n) is 2.39. The molecule has 0 aliphatic rings. The maximum absolute atomic E-state index is 11.8. The van der Waals surface area contributed by atoms with E-state index in [0.717, 1.165) is 0 Å². The Balaban J connectivity index is 2.87. The van der Waals surface area contributed by atoms with Crippen molar-refractivity contribution in [1.29, 1.82) is 0 Å². The molecular formula is C9H8FNO2. The normalized spacial score (nSPS) is 9.31. The first kappa shape index (κ1) is 9.38. The van der Waals surface area contributed by atoms with Gasteiger partial charge in [-0.3, -0.25) is 9.59 Å². The molecule has 1 aromatic carbocycles. The number of para-hydroxylation sites is 1. The van der Waals surface area contributed by atoms with Gasteiger partial charge in [0.2, 0.25) is 0 Å². The SMILES string of the molecule is O=Cc1ccccc1NC(=O)CF. The summed E-state index contributed by atoms with van der Waals surface area (Å²) in [5.41, 5.74) is 0.671. The number of aldehydes is 1. The molecule has 0 atom stereocenters. The van der Waals surface area contributed by atoms with Crippen molar-refractivity contribution in [3.63, 3.8) is 0 Å². The summed E-state index contributed by atoms with van der Waals surface area (Å²) in [6.07, 6.45) is 0.605. The Hall–Kier alpha value is -1.71. The predicted molar refractivity (Wildman–Crippen MR) is 46.4 cm³/mol. The van der Waals surface area contributed by atoms with Gasteiger partial charge in [-0.2, -0.15) is 0 Å². The van der Waals surface area contributed by atoms with Crippen LogP contribution in [0.15, 0.2) is 24.3 Å². The van der Waals surface area contributed by atoms with Gasteiger partial charge in [0.25, 0.3) is 5.91 Å². The molecule has 0 unspecified atom stereocenters. The van der Waals surface area contributed by atoms with Crippen molar-refractivity contribution in [2.75, 3.05) is 12.0 Å². The number of benzene rings is 1. The summed E-state index contributed by atoms with van der Waals surface area (Å²) >= 11 is 0. The number of anilines is 1. The predicted octanol–water partition coefficient (Wildman–Crippen LogP) is 1.41. The highest BCUT2D eigenvalue weighted by molar-refractivity contribution is 5.96. The number of carbonyl (C=O) groups is 2. The van der Waals surface area contributed by atoms with Crippen LogP contribution >= 0.6 is 0 Å². The third-order valence-corrected chi connectivity index (χ3v) is 1.48. The van der Waals surface area contributed by atoms with Crippen molar-refractivity contribution in [2.24, 2.45) is 0 Å². The van der Waals surface area contributed by atoms with Crippen LogP contribution in [0.1, 0.15) is 10.4 Å². The van der Waals surface area contributed by atoms with E-state index in [2.05, 4.69) is 5.32 Å². The van der Waals surface area contributed by atoms with Gasteiger partial charge in [-0.1, -0.05) is 12.1 Å². The highest BCUT2D eigenvalue weighted by Gasteiger charge is 2.04. The highest BCUT2D eigenvalue weighted by atomic mass is 19.1. The van der Waals surface area contributed by atoms with E-state index in [1.165, 1.54) is 6.07 Å². The second kappa shape index (κ2) is 4.35. The van der Waals surface area contributed by atoms with Gasteiger partial charge in [0.15, 0.2) is 13.0 Å². The van der Waals surface area contributed by atoms with Crippen molar-refractivity contribution in [1.82, 2.24) is 0 Å². The monoisotopic (exact) mass is 181 g/mol. The molecule has 0 spiro atoms. The third-order valence-electron chi connectivity index (χ3n) is 1.48. The Kier molecular flexibility index (Phi) is 3.14. The number of carbonyl (C=O) groups excluding carboxylic acids is 2. The fourth-order valence-electron chi connectivity index (χ4n) is 0.897. The summed E-state index contributed by atoms with van der Waals surface area (Å²) in [5, 5.41) is 2.27. The summed E-state index contributed by atoms with van der Waals surface area (Å²) in [6, 6.07) is 6.40. The van der Waals surface area contributed by atoms with Crippen molar-refractivity contribution >= 4 is 17.9 Å². The summed E-state index contributed by atoms with van der Waals surface area (Å²) in [6.45, 7) is -1.09. The van der Waals surface area contributed by atoms with Gasteiger partial charge >= 0.3 is 0 Å². The van der Waals surface area contributed by atoms with Crippen molar-refractivity contribution in [3.8, 4) is 0 Å². The molecule has 0 saturated carbocycles. The molecule has 13 heavy (non-hydrogen) atoms. The maximum atomic E-state index is 11.8. The molecule has 0 saturated heterocycles. The molecular weight excluding hydrogens is 173 g/mol. The number of halogens is 1. The van der Waals surface area contributed by atoms with Gasteiger partial charge in [-0.15, -0.1) is 0 Å². The highest BCUT2D eigenvalue weighted by Crippen LogP contribution is 2.11. The van der Waals surface area contributed by atoms with Gasteiger partial charge < -0.3 is 5.32 Å². The molecule has 1 rings (SSSR count). The van der Waals surface area contributed by atoms with E-state index in [9.17, 15) is 14.0 Å². The van der Waals surface area contributed by atoms with Gasteiger partial charge in [0.05, 0.1) is 5.69 Å². The zero-order chi connectivity index (χ0) is 9.68. The van der Waals surface area contributed by atoms with E-state index in [-0.39, 0.29) is 0 Å². The van der Waals surface area contributed by atoms with E-state index in [0.29, 0.717) is 17.5 Å². The smallest absolute Gasteiger partial charge is 0.255 e. The summed E-state index contributed by atoms with van der Waals surface area (Å²) in [5.74, 6) is -0.755. The van der Waals surface area contributed by atoms with Crippen LogP contribution in [0.25, 0.3) is 0 Å². The Morgan fingerprint density at radius 3 is 2.77 bits per heavy atom. The van der Waals surface area contributed by atoms with Crippen LogP contribution in [-0.4, -0.2) is 18.9 Å². The molecule has 3 nitrogen and oxygen atoms in total. The van der Waals surface area contributed by atoms with Gasteiger partial charge in [-0.25, -0.2) is 4.39 Å². The number of hydrogen-bond acceptors (Lipinski definition) is 2. The van der Waals surface area contributed by atoms with Crippen LogP contribution in [0.2, 0.25) is 0 Å². The van der Waals surface area contributed by atoms with E-state index in [4.69, 9.17) is 0 Å². The lowest BCUT2D eigenvalue weighted by Crippen LogP contribution is -2.14. The van der Waals surface area contributed by atoms with E-state index in [1.54, 1.807) is 18.2 Å². The topological polar surface area (TPSA) is 46.2 Å². The lowest BCUT2D eigenvalue weighted by molar-refractivity contribution is -0.117. The van der Waals surface area contributed by atoms with Crippen LogP contribution in [0.5, 0.6) is 0 Å². The average molecular weight is 181 g/mol. The number of rotatable bonds is 3. The van der Waals surface area contributed by atoms with Crippen LogP contribution < -0.4 is 5.32 Å². The van der Waals surface area contributed by atoms with E-state index < -0.39 is 12.6 Å². The third kappa shape index (κ3) is 2.37. The average Bonchev–Trinajstić information content (AvgIpc) is 2.18. The summed E-state index contributed by atoms with van der Waals surface area (Å²) in [7, 11) is 0. The minimum absolute atomic E-state index is 0.333. The van der Waals surface area contributed by atoms with E-state index >= 15 is 0 Å². The maximum Gasteiger partial charge on any atom is 0.255 e. The van der Waals surface area contributed by atoms with Crippen LogP contribution in [0, 0.1) is 0 Å². The number of hydrogen-bond donors (Lipinski definition) is 1. The second-order valence-corrected chi connectivity index (χ2v) is 2.39. The van der Waals surface area contributed by atoms with Crippen LogP contribution in [0.3, 0.4) is 0 Å². The first-order valence-corrected chi connectivity index (χ1v) is 3.68. The summed E-state index contributed by atoms with van der Waals surface area (Å²) < 4.78 is 11.8. The van der Waals surface area contributed by atoms with Crippen molar-refractivity contribution < 1.29 is 14.0 Å². The Bertz CT molecular complexity index is 325. The molecule has 0 heterocycles. The largest absolute Gasteiger partial charge is 0.323 e. The Labute approximate surface area is 74.6 Å². The molecule has 1 amide bonds. The minimum atomic E-state index is -1.09. The number of alkyl halides is 1. The van der Waals surface area contributed by atoms with Gasteiger partial charge in [-0.05, 0) is 12.1 Å². The number of amides is 1. The van der Waals surface area contributed by atoms with E-state index in [1.807, 2.05) is 0 Å².